The molecule has 1 heterocycles. The number of nitrogens with zero attached hydrogens (tertiary/aromatic N) is 3. The molecule has 0 bridgehead atoms. The van der Waals surface area contributed by atoms with Gasteiger partial charge in [0.25, 0.3) is 5.69 Å². The van der Waals surface area contributed by atoms with E-state index in [1.54, 1.807) is 6.92 Å². The molecule has 0 saturated carbocycles. The summed E-state index contributed by atoms with van der Waals surface area (Å²) in [5, 5.41) is 26.2. The van der Waals surface area contributed by atoms with E-state index in [0.717, 1.165) is 0 Å². The van der Waals surface area contributed by atoms with Gasteiger partial charge in [-0.05, 0) is 12.5 Å². The van der Waals surface area contributed by atoms with Crippen LogP contribution in [0.5, 0.6) is 0 Å². The highest BCUT2D eigenvalue weighted by Crippen LogP contribution is 2.26. The van der Waals surface area contributed by atoms with Crippen LogP contribution in [0.1, 0.15) is 16.2 Å². The number of nitro groups is 1. The maximum atomic E-state index is 10.7. The molecule has 0 aliphatic heterocycles. The largest absolute Gasteiger partial charge is 0.474 e. The summed E-state index contributed by atoms with van der Waals surface area (Å²) < 4.78 is 4.90. The Morgan fingerprint density at radius 2 is 2.17 bits per heavy atom. The quantitative estimate of drug-likeness (QED) is 0.648. The minimum Gasteiger partial charge on any atom is -0.474 e. The molecule has 0 radical (unpaired) electrons. The number of aryl methyl sites for hydroxylation is 1. The minimum atomic E-state index is -1.35. The zero-order chi connectivity index (χ0) is 13.3. The zero-order valence-electron chi connectivity index (χ0n) is 9.15. The molecule has 92 valence electrons. The average Bonchev–Trinajstić information content (AvgIpc) is 2.78. The van der Waals surface area contributed by atoms with Crippen molar-refractivity contribution in [1.29, 1.82) is 0 Å². The summed E-state index contributed by atoms with van der Waals surface area (Å²) in [5.41, 5.74) is 0.871. The lowest BCUT2D eigenvalue weighted by Gasteiger charge is -2.00. The predicted octanol–water partition coefficient (Wildman–Crippen LogP) is 1.65. The Hall–Kier alpha value is -2.77. The normalized spacial score (nSPS) is 10.3. The van der Waals surface area contributed by atoms with Crippen molar-refractivity contribution >= 4 is 11.7 Å². The van der Waals surface area contributed by atoms with E-state index >= 15 is 0 Å². The molecular weight excluding hydrogens is 242 g/mol. The number of benzene rings is 1. The molecule has 1 aromatic carbocycles. The van der Waals surface area contributed by atoms with Crippen LogP contribution < -0.4 is 0 Å². The Kier molecular flexibility index (Phi) is 2.76. The van der Waals surface area contributed by atoms with Crippen molar-refractivity contribution in [3.63, 3.8) is 0 Å². The van der Waals surface area contributed by atoms with Crippen molar-refractivity contribution < 1.29 is 19.2 Å². The molecule has 8 nitrogen and oxygen atoms in total. The number of non-ortho nitro benzene ring substituents is 1. The summed E-state index contributed by atoms with van der Waals surface area (Å²) in [6.45, 7) is 1.70. The maximum Gasteiger partial charge on any atom is 0.393 e. The molecule has 1 N–H and O–H groups in total. The van der Waals surface area contributed by atoms with Crippen LogP contribution in [0.25, 0.3) is 11.5 Å². The molecule has 0 saturated heterocycles. The molecule has 18 heavy (non-hydrogen) atoms. The number of nitro benzene ring substituents is 1. The summed E-state index contributed by atoms with van der Waals surface area (Å²) in [6.07, 6.45) is 0. The fourth-order valence-electron chi connectivity index (χ4n) is 1.37. The van der Waals surface area contributed by atoms with Gasteiger partial charge in [-0.1, -0.05) is 6.07 Å². The van der Waals surface area contributed by atoms with Gasteiger partial charge in [-0.2, -0.15) is 0 Å². The lowest BCUT2D eigenvalue weighted by atomic mass is 10.1. The number of carbonyl (C=O) groups is 1. The van der Waals surface area contributed by atoms with E-state index in [9.17, 15) is 14.9 Å². The molecular formula is C10H7N3O5. The first-order valence-corrected chi connectivity index (χ1v) is 4.81. The number of aromatic carboxylic acids is 1. The molecule has 0 aliphatic carbocycles. The lowest BCUT2D eigenvalue weighted by Crippen LogP contribution is -1.95. The van der Waals surface area contributed by atoms with E-state index in [1.165, 1.54) is 18.2 Å². The van der Waals surface area contributed by atoms with Gasteiger partial charge in [-0.25, -0.2) is 4.79 Å². The van der Waals surface area contributed by atoms with Crippen molar-refractivity contribution in [2.75, 3.05) is 0 Å². The lowest BCUT2D eigenvalue weighted by molar-refractivity contribution is -0.384. The maximum absolute atomic E-state index is 10.7. The highest BCUT2D eigenvalue weighted by atomic mass is 16.6. The van der Waals surface area contributed by atoms with Crippen molar-refractivity contribution in [3.8, 4) is 11.5 Å². The number of hydrogen-bond acceptors (Lipinski definition) is 6. The highest BCUT2D eigenvalue weighted by molar-refractivity contribution is 5.82. The smallest absolute Gasteiger partial charge is 0.393 e. The first-order valence-electron chi connectivity index (χ1n) is 4.81. The predicted molar refractivity (Wildman–Crippen MR) is 58.1 cm³/mol. The molecule has 0 spiro atoms. The number of carboxylic acids is 1. The fourth-order valence-corrected chi connectivity index (χ4v) is 1.37. The molecule has 0 aliphatic rings. The van der Waals surface area contributed by atoms with Gasteiger partial charge in [0.15, 0.2) is 0 Å². The standard InChI is InChI=1S/C10H7N3O5/c1-5-2-3-6(13(16)17)4-7(5)8-11-12-9(18-8)10(14)15/h2-4H,1H3,(H,14,15). The van der Waals surface area contributed by atoms with Gasteiger partial charge >= 0.3 is 11.9 Å². The van der Waals surface area contributed by atoms with E-state index in [2.05, 4.69) is 10.2 Å². The van der Waals surface area contributed by atoms with E-state index in [4.69, 9.17) is 9.52 Å². The fraction of sp³-hybridized carbons (Fsp3) is 0.100. The molecule has 2 rings (SSSR count). The van der Waals surface area contributed by atoms with Crippen molar-refractivity contribution in [1.82, 2.24) is 10.2 Å². The Balaban J connectivity index is 2.51. The van der Waals surface area contributed by atoms with Crippen molar-refractivity contribution in [3.05, 3.63) is 39.8 Å². The van der Waals surface area contributed by atoms with Crippen LogP contribution in [0, 0.1) is 17.0 Å². The van der Waals surface area contributed by atoms with Gasteiger partial charge in [0.1, 0.15) is 0 Å². The van der Waals surface area contributed by atoms with Gasteiger partial charge in [-0.3, -0.25) is 10.1 Å². The van der Waals surface area contributed by atoms with E-state index in [1.807, 2.05) is 0 Å². The number of aromatic nitrogens is 2. The first kappa shape index (κ1) is 11.7. The van der Waals surface area contributed by atoms with Crippen molar-refractivity contribution in [2.24, 2.45) is 0 Å². The Morgan fingerprint density at radius 3 is 2.72 bits per heavy atom. The van der Waals surface area contributed by atoms with Crippen LogP contribution in [0.3, 0.4) is 0 Å². The second-order valence-corrected chi connectivity index (χ2v) is 3.47. The summed E-state index contributed by atoms with van der Waals surface area (Å²) in [4.78, 5) is 20.7. The third kappa shape index (κ3) is 2.03. The van der Waals surface area contributed by atoms with Gasteiger partial charge in [0.05, 0.1) is 4.92 Å². The second-order valence-electron chi connectivity index (χ2n) is 3.47. The van der Waals surface area contributed by atoms with Crippen molar-refractivity contribution in [2.45, 2.75) is 6.92 Å². The molecule has 0 amide bonds. The van der Waals surface area contributed by atoms with E-state index < -0.39 is 16.8 Å². The third-order valence-electron chi connectivity index (χ3n) is 2.27. The molecule has 0 atom stereocenters. The molecule has 0 unspecified atom stereocenters. The second kappa shape index (κ2) is 4.24. The Morgan fingerprint density at radius 1 is 1.44 bits per heavy atom. The third-order valence-corrected chi connectivity index (χ3v) is 2.27. The number of hydrogen-bond donors (Lipinski definition) is 1. The average molecular weight is 249 g/mol. The first-order chi connectivity index (χ1) is 8.49. The molecule has 0 fully saturated rings. The number of carboxylic acid groups (broad SMARTS) is 1. The topological polar surface area (TPSA) is 119 Å². The summed E-state index contributed by atoms with van der Waals surface area (Å²) in [5.74, 6) is -1.97. The summed E-state index contributed by atoms with van der Waals surface area (Å²) >= 11 is 0. The van der Waals surface area contributed by atoms with Crippen LogP contribution in [0.2, 0.25) is 0 Å². The SMILES string of the molecule is Cc1ccc([N+](=O)[O-])cc1-c1nnc(C(=O)O)o1. The zero-order valence-corrected chi connectivity index (χ0v) is 9.15. The molecule has 8 heteroatoms. The van der Waals surface area contributed by atoms with Gasteiger partial charge < -0.3 is 9.52 Å². The number of rotatable bonds is 3. The summed E-state index contributed by atoms with van der Waals surface area (Å²) in [6, 6.07) is 4.12. The summed E-state index contributed by atoms with van der Waals surface area (Å²) in [7, 11) is 0. The van der Waals surface area contributed by atoms with E-state index in [0.29, 0.717) is 11.1 Å². The van der Waals surface area contributed by atoms with Crippen LogP contribution >= 0.6 is 0 Å². The van der Waals surface area contributed by atoms with Gasteiger partial charge in [-0.15, -0.1) is 10.2 Å². The Bertz CT molecular complexity index is 634. The van der Waals surface area contributed by atoms with Crippen LogP contribution in [-0.2, 0) is 0 Å². The van der Waals surface area contributed by atoms with E-state index in [-0.39, 0.29) is 11.6 Å². The van der Waals surface area contributed by atoms with Crippen LogP contribution in [0.15, 0.2) is 22.6 Å². The molecule has 1 aromatic heterocycles. The van der Waals surface area contributed by atoms with Gasteiger partial charge in [0, 0.05) is 17.7 Å². The minimum absolute atomic E-state index is 0.0615. The monoisotopic (exact) mass is 249 g/mol. The van der Waals surface area contributed by atoms with Crippen LogP contribution in [-0.4, -0.2) is 26.2 Å². The molecule has 2 aromatic rings. The van der Waals surface area contributed by atoms with Gasteiger partial charge in [0.2, 0.25) is 5.89 Å². The van der Waals surface area contributed by atoms with Crippen LogP contribution in [0.4, 0.5) is 5.69 Å². The Labute approximate surface area is 100 Å². The highest BCUT2D eigenvalue weighted by Gasteiger charge is 2.18.